The van der Waals surface area contributed by atoms with Crippen molar-refractivity contribution in [1.29, 1.82) is 0 Å². The fourth-order valence-corrected chi connectivity index (χ4v) is 4.15. The number of hydrogen-bond acceptors (Lipinski definition) is 2. The normalized spacial score (nSPS) is 14.4. The second kappa shape index (κ2) is 8.98. The van der Waals surface area contributed by atoms with Crippen LogP contribution in [0.25, 0.3) is 5.57 Å². The highest BCUT2D eigenvalue weighted by molar-refractivity contribution is 5.69. The number of hydrogen-bond donors (Lipinski definition) is 1. The van der Waals surface area contributed by atoms with Crippen LogP contribution in [-0.2, 0) is 17.6 Å². The summed E-state index contributed by atoms with van der Waals surface area (Å²) in [5.74, 6) is -0.732. The summed E-state index contributed by atoms with van der Waals surface area (Å²) in [6.07, 6.45) is 11.7. The third kappa shape index (κ3) is 4.85. The van der Waals surface area contributed by atoms with Gasteiger partial charge in [-0.25, -0.2) is 0 Å². The summed E-state index contributed by atoms with van der Waals surface area (Å²) >= 11 is 0. The molecule has 0 unspecified atom stereocenters. The molecular weight excluding hydrogens is 334 g/mol. The summed E-state index contributed by atoms with van der Waals surface area (Å²) in [5.41, 5.74) is 9.57. The molecule has 142 valence electrons. The van der Waals surface area contributed by atoms with E-state index in [0.717, 1.165) is 18.4 Å². The van der Waals surface area contributed by atoms with Gasteiger partial charge >= 0.3 is 5.97 Å². The van der Waals surface area contributed by atoms with Crippen LogP contribution in [0.5, 0.6) is 0 Å². The lowest BCUT2D eigenvalue weighted by molar-refractivity contribution is -0.136. The topological polar surface area (TPSA) is 50.2 Å². The van der Waals surface area contributed by atoms with Gasteiger partial charge < -0.3 is 5.11 Å². The number of benzene rings is 1. The number of pyridine rings is 1. The Balaban J connectivity index is 1.76. The molecule has 0 saturated heterocycles. The maximum atomic E-state index is 10.9. The van der Waals surface area contributed by atoms with Gasteiger partial charge in [-0.05, 0) is 104 Å². The Morgan fingerprint density at radius 3 is 2.22 bits per heavy atom. The minimum absolute atomic E-state index is 0.196. The van der Waals surface area contributed by atoms with Crippen LogP contribution in [-0.4, -0.2) is 16.1 Å². The highest BCUT2D eigenvalue weighted by Gasteiger charge is 2.15. The van der Waals surface area contributed by atoms with E-state index >= 15 is 0 Å². The minimum atomic E-state index is -0.732. The molecule has 0 atom stereocenters. The van der Waals surface area contributed by atoms with Crippen molar-refractivity contribution in [3.05, 3.63) is 70.0 Å². The summed E-state index contributed by atoms with van der Waals surface area (Å²) in [6, 6.07) is 8.59. The summed E-state index contributed by atoms with van der Waals surface area (Å²) in [5, 5.41) is 8.93. The lowest BCUT2D eigenvalue weighted by atomic mass is 9.84. The van der Waals surface area contributed by atoms with Gasteiger partial charge in [0, 0.05) is 18.8 Å². The van der Waals surface area contributed by atoms with Crippen LogP contribution in [0, 0.1) is 13.8 Å². The van der Waals surface area contributed by atoms with Crippen molar-refractivity contribution in [2.24, 2.45) is 0 Å². The number of aromatic nitrogens is 1. The molecule has 0 spiro atoms. The quantitative estimate of drug-likeness (QED) is 0.689. The van der Waals surface area contributed by atoms with E-state index < -0.39 is 5.97 Å². The molecule has 1 aromatic carbocycles. The zero-order valence-electron chi connectivity index (χ0n) is 16.4. The minimum Gasteiger partial charge on any atom is -0.481 e. The van der Waals surface area contributed by atoms with Gasteiger partial charge in [-0.1, -0.05) is 17.7 Å². The Morgan fingerprint density at radius 2 is 1.56 bits per heavy atom. The Bertz CT molecular complexity index is 837. The number of allylic oxidation sites excluding steroid dienone is 2. The first-order valence-electron chi connectivity index (χ1n) is 9.97. The van der Waals surface area contributed by atoms with Gasteiger partial charge in [-0.2, -0.15) is 0 Å². The van der Waals surface area contributed by atoms with E-state index in [-0.39, 0.29) is 6.42 Å². The highest BCUT2D eigenvalue weighted by Crippen LogP contribution is 2.35. The molecule has 1 aromatic heterocycles. The van der Waals surface area contributed by atoms with Crippen molar-refractivity contribution in [2.45, 2.75) is 65.2 Å². The molecule has 0 fully saturated rings. The number of carbonyl (C=O) groups is 1. The second-order valence-electron chi connectivity index (χ2n) is 7.55. The lowest BCUT2D eigenvalue weighted by Gasteiger charge is -2.21. The molecule has 0 saturated carbocycles. The largest absolute Gasteiger partial charge is 0.481 e. The summed E-state index contributed by atoms with van der Waals surface area (Å²) in [4.78, 5) is 15.0. The van der Waals surface area contributed by atoms with E-state index in [1.807, 2.05) is 12.4 Å². The van der Waals surface area contributed by atoms with E-state index in [1.165, 1.54) is 53.5 Å². The fraction of sp³-hybridized carbons (Fsp3) is 0.417. The zero-order valence-corrected chi connectivity index (χ0v) is 16.4. The van der Waals surface area contributed by atoms with Gasteiger partial charge in [-0.3, -0.25) is 9.78 Å². The van der Waals surface area contributed by atoms with Crippen LogP contribution in [0.4, 0.5) is 0 Å². The molecule has 3 nitrogen and oxygen atoms in total. The number of aryl methyl sites for hydroxylation is 2. The third-order valence-corrected chi connectivity index (χ3v) is 5.93. The maximum Gasteiger partial charge on any atom is 0.303 e. The molecule has 0 radical (unpaired) electrons. The molecule has 1 N–H and O–H groups in total. The van der Waals surface area contributed by atoms with Crippen LogP contribution >= 0.6 is 0 Å². The summed E-state index contributed by atoms with van der Waals surface area (Å²) in [6.45, 7) is 4.30. The molecule has 1 aliphatic rings. The summed E-state index contributed by atoms with van der Waals surface area (Å²) in [7, 11) is 0. The molecule has 1 aliphatic carbocycles. The first-order valence-corrected chi connectivity index (χ1v) is 9.97. The first kappa shape index (κ1) is 19.3. The lowest BCUT2D eigenvalue weighted by Crippen LogP contribution is -2.04. The molecule has 1 heterocycles. The average molecular weight is 364 g/mol. The number of rotatable bonds is 7. The van der Waals surface area contributed by atoms with Crippen LogP contribution in [0.15, 0.2) is 42.2 Å². The predicted octanol–water partition coefficient (Wildman–Crippen LogP) is 5.68. The molecule has 2 aromatic rings. The molecule has 27 heavy (non-hydrogen) atoms. The monoisotopic (exact) mass is 363 g/mol. The van der Waals surface area contributed by atoms with Crippen LogP contribution in [0.1, 0.15) is 66.3 Å². The summed E-state index contributed by atoms with van der Waals surface area (Å²) < 4.78 is 0. The van der Waals surface area contributed by atoms with Crippen molar-refractivity contribution in [2.75, 3.05) is 0 Å². The Hall–Kier alpha value is -2.42. The van der Waals surface area contributed by atoms with Gasteiger partial charge in [0.15, 0.2) is 0 Å². The molecule has 3 heteroatoms. The standard InChI is InChI=1S/C24H29NO2/c1-17-18(2)20(11-12-24(26)27)8-7-19(17)9-10-21-5-3-4-6-23(21)22-13-15-25-16-14-22/h7-8,13-16H,3-6,9-12H2,1-2H3,(H,26,27). The number of carboxylic acids is 1. The first-order chi connectivity index (χ1) is 13.1. The van der Waals surface area contributed by atoms with Crippen LogP contribution < -0.4 is 0 Å². The second-order valence-corrected chi connectivity index (χ2v) is 7.55. The fourth-order valence-electron chi connectivity index (χ4n) is 4.15. The van der Waals surface area contributed by atoms with Gasteiger partial charge in [0.05, 0.1) is 0 Å². The number of aliphatic carboxylic acids is 1. The van der Waals surface area contributed by atoms with E-state index in [1.54, 1.807) is 5.57 Å². The van der Waals surface area contributed by atoms with Crippen molar-refractivity contribution >= 4 is 11.5 Å². The van der Waals surface area contributed by atoms with Crippen molar-refractivity contribution in [3.8, 4) is 0 Å². The SMILES string of the molecule is Cc1c(CCC(=O)O)ccc(CCC2=C(c3ccncc3)CCCC2)c1C. The maximum absolute atomic E-state index is 10.9. The molecule has 0 bridgehead atoms. The van der Waals surface area contributed by atoms with Gasteiger partial charge in [-0.15, -0.1) is 0 Å². The zero-order chi connectivity index (χ0) is 19.2. The highest BCUT2D eigenvalue weighted by atomic mass is 16.4. The van der Waals surface area contributed by atoms with E-state index in [2.05, 4.69) is 43.1 Å². The predicted molar refractivity (Wildman–Crippen MR) is 110 cm³/mol. The van der Waals surface area contributed by atoms with E-state index in [4.69, 9.17) is 5.11 Å². The molecule has 3 rings (SSSR count). The van der Waals surface area contributed by atoms with Crippen LogP contribution in [0.3, 0.4) is 0 Å². The van der Waals surface area contributed by atoms with Crippen LogP contribution in [0.2, 0.25) is 0 Å². The van der Waals surface area contributed by atoms with Crippen molar-refractivity contribution in [1.82, 2.24) is 4.98 Å². The average Bonchev–Trinajstić information content (AvgIpc) is 2.69. The van der Waals surface area contributed by atoms with Crippen molar-refractivity contribution < 1.29 is 9.90 Å². The Labute approximate surface area is 162 Å². The van der Waals surface area contributed by atoms with Gasteiger partial charge in [0.2, 0.25) is 0 Å². The Kier molecular flexibility index (Phi) is 6.44. The number of carboxylic acid groups (broad SMARTS) is 1. The smallest absolute Gasteiger partial charge is 0.303 e. The molecule has 0 amide bonds. The van der Waals surface area contributed by atoms with E-state index in [9.17, 15) is 4.79 Å². The van der Waals surface area contributed by atoms with Gasteiger partial charge in [0.25, 0.3) is 0 Å². The van der Waals surface area contributed by atoms with E-state index in [0.29, 0.717) is 6.42 Å². The van der Waals surface area contributed by atoms with Crippen molar-refractivity contribution in [3.63, 3.8) is 0 Å². The molecule has 0 aliphatic heterocycles. The van der Waals surface area contributed by atoms with Gasteiger partial charge in [0.1, 0.15) is 0 Å². The Morgan fingerprint density at radius 1 is 0.926 bits per heavy atom. The third-order valence-electron chi connectivity index (χ3n) is 5.93. The number of nitrogens with zero attached hydrogens (tertiary/aromatic N) is 1. The molecular formula is C24H29NO2.